The minimum atomic E-state index is 0. The maximum absolute atomic E-state index is 5.41. The number of nitrogens with one attached hydrogen (secondary N) is 2. The van der Waals surface area contributed by atoms with Crippen LogP contribution in [-0.2, 0) is 6.54 Å². The van der Waals surface area contributed by atoms with Gasteiger partial charge in [0.05, 0.1) is 0 Å². The van der Waals surface area contributed by atoms with Crippen molar-refractivity contribution >= 4 is 29.9 Å². The van der Waals surface area contributed by atoms with Gasteiger partial charge in [0.25, 0.3) is 0 Å². The van der Waals surface area contributed by atoms with Crippen LogP contribution >= 0.6 is 24.0 Å². The number of benzene rings is 2. The highest BCUT2D eigenvalue weighted by atomic mass is 127. The Hall–Kier alpha value is -1.96. The zero-order chi connectivity index (χ0) is 17.5. The predicted octanol–water partition coefficient (Wildman–Crippen LogP) is 3.89. The first-order valence-electron chi connectivity index (χ1n) is 8.64. The van der Waals surface area contributed by atoms with E-state index in [1.54, 1.807) is 7.05 Å². The molecule has 2 N–H and O–H groups in total. The molecule has 6 heteroatoms. The van der Waals surface area contributed by atoms with Gasteiger partial charge in [-0.05, 0) is 35.6 Å². The molecule has 140 valence electrons. The summed E-state index contributed by atoms with van der Waals surface area (Å²) >= 11 is 0. The fraction of sp³-hybridized carbons (Fsp3) is 0.350. The first-order chi connectivity index (χ1) is 12.3. The molecule has 1 unspecified atom stereocenters. The highest BCUT2D eigenvalue weighted by Crippen LogP contribution is 2.32. The van der Waals surface area contributed by atoms with Crippen molar-refractivity contribution in [1.82, 2.24) is 10.6 Å². The molecule has 2 aromatic rings. The lowest BCUT2D eigenvalue weighted by atomic mass is 9.98. The summed E-state index contributed by atoms with van der Waals surface area (Å²) in [7, 11) is 1.79. The SMILES string of the molecule is CN=C(NCCC(C)c1ccccc1)NCc1ccc2c(c1)OCO2.I. The number of aliphatic imine (C=N–C) groups is 1. The van der Waals surface area contributed by atoms with E-state index in [2.05, 4.69) is 52.9 Å². The quantitative estimate of drug-likeness (QED) is 0.385. The number of halogens is 1. The first kappa shape index (κ1) is 20.4. The summed E-state index contributed by atoms with van der Waals surface area (Å²) in [6, 6.07) is 16.6. The third-order valence-corrected chi connectivity index (χ3v) is 4.36. The Labute approximate surface area is 172 Å². The normalized spacial score (nSPS) is 13.7. The molecule has 2 aromatic carbocycles. The largest absolute Gasteiger partial charge is 0.454 e. The molecule has 0 aromatic heterocycles. The average Bonchev–Trinajstić information content (AvgIpc) is 3.12. The van der Waals surface area contributed by atoms with Crippen molar-refractivity contribution in [2.45, 2.75) is 25.8 Å². The molecule has 0 fully saturated rings. The Kier molecular flexibility index (Phi) is 8.03. The van der Waals surface area contributed by atoms with Gasteiger partial charge in [0.1, 0.15) is 0 Å². The van der Waals surface area contributed by atoms with Gasteiger partial charge >= 0.3 is 0 Å². The minimum absolute atomic E-state index is 0. The van der Waals surface area contributed by atoms with Gasteiger partial charge in [0, 0.05) is 20.1 Å². The Morgan fingerprint density at radius 2 is 1.85 bits per heavy atom. The zero-order valence-electron chi connectivity index (χ0n) is 15.2. The molecule has 0 radical (unpaired) electrons. The fourth-order valence-electron chi connectivity index (χ4n) is 2.81. The summed E-state index contributed by atoms with van der Waals surface area (Å²) in [6.45, 7) is 4.11. The zero-order valence-corrected chi connectivity index (χ0v) is 17.5. The molecule has 0 bridgehead atoms. The third kappa shape index (κ3) is 5.52. The van der Waals surface area contributed by atoms with E-state index in [1.807, 2.05) is 18.2 Å². The second kappa shape index (κ2) is 10.3. The van der Waals surface area contributed by atoms with Crippen molar-refractivity contribution in [1.29, 1.82) is 0 Å². The maximum Gasteiger partial charge on any atom is 0.231 e. The summed E-state index contributed by atoms with van der Waals surface area (Å²) in [5.74, 6) is 2.93. The molecule has 0 amide bonds. The summed E-state index contributed by atoms with van der Waals surface area (Å²) in [6.07, 6.45) is 1.05. The number of ether oxygens (including phenoxy) is 2. The van der Waals surface area contributed by atoms with Crippen molar-refractivity contribution in [3.05, 3.63) is 59.7 Å². The van der Waals surface area contributed by atoms with E-state index in [1.165, 1.54) is 5.56 Å². The van der Waals surface area contributed by atoms with Crippen LogP contribution in [0.3, 0.4) is 0 Å². The van der Waals surface area contributed by atoms with Gasteiger partial charge < -0.3 is 20.1 Å². The van der Waals surface area contributed by atoms with E-state index in [0.717, 1.165) is 36.0 Å². The third-order valence-electron chi connectivity index (χ3n) is 4.36. The van der Waals surface area contributed by atoms with Crippen LogP contribution in [-0.4, -0.2) is 26.3 Å². The Bertz CT molecular complexity index is 722. The molecular formula is C20H26IN3O2. The van der Waals surface area contributed by atoms with Gasteiger partial charge in [-0.25, -0.2) is 0 Å². The molecular weight excluding hydrogens is 441 g/mol. The Morgan fingerprint density at radius 3 is 2.62 bits per heavy atom. The van der Waals surface area contributed by atoms with Crippen LogP contribution in [0.4, 0.5) is 0 Å². The monoisotopic (exact) mass is 467 g/mol. The van der Waals surface area contributed by atoms with Crippen LogP contribution in [0.25, 0.3) is 0 Å². The van der Waals surface area contributed by atoms with Crippen LogP contribution in [0, 0.1) is 0 Å². The number of nitrogens with zero attached hydrogens (tertiary/aromatic N) is 1. The number of hydrogen-bond acceptors (Lipinski definition) is 3. The first-order valence-corrected chi connectivity index (χ1v) is 8.64. The average molecular weight is 467 g/mol. The second-order valence-corrected chi connectivity index (χ2v) is 6.14. The van der Waals surface area contributed by atoms with Gasteiger partial charge in [0.15, 0.2) is 17.5 Å². The van der Waals surface area contributed by atoms with Crippen LogP contribution < -0.4 is 20.1 Å². The summed E-state index contributed by atoms with van der Waals surface area (Å²) in [5.41, 5.74) is 2.50. The van der Waals surface area contributed by atoms with Gasteiger partial charge in [0.2, 0.25) is 6.79 Å². The summed E-state index contributed by atoms with van der Waals surface area (Å²) in [4.78, 5) is 4.28. The molecule has 1 aliphatic rings. The Balaban J connectivity index is 0.00000243. The molecule has 1 heterocycles. The van der Waals surface area contributed by atoms with Gasteiger partial charge in [-0.3, -0.25) is 4.99 Å². The molecule has 5 nitrogen and oxygen atoms in total. The van der Waals surface area contributed by atoms with Gasteiger partial charge in [-0.15, -0.1) is 24.0 Å². The molecule has 1 aliphatic heterocycles. The van der Waals surface area contributed by atoms with Gasteiger partial charge in [-0.1, -0.05) is 43.3 Å². The second-order valence-electron chi connectivity index (χ2n) is 6.14. The maximum atomic E-state index is 5.41. The van der Waals surface area contributed by atoms with Crippen molar-refractivity contribution in [3.63, 3.8) is 0 Å². The highest BCUT2D eigenvalue weighted by molar-refractivity contribution is 14.0. The molecule has 3 rings (SSSR count). The Morgan fingerprint density at radius 1 is 1.08 bits per heavy atom. The summed E-state index contributed by atoms with van der Waals surface area (Å²) < 4.78 is 10.7. The van der Waals surface area contributed by atoms with Crippen molar-refractivity contribution in [2.24, 2.45) is 4.99 Å². The van der Waals surface area contributed by atoms with E-state index in [0.29, 0.717) is 19.3 Å². The lowest BCUT2D eigenvalue weighted by molar-refractivity contribution is 0.174. The smallest absolute Gasteiger partial charge is 0.231 e. The summed E-state index contributed by atoms with van der Waals surface area (Å²) in [5, 5.41) is 6.71. The molecule has 0 saturated heterocycles. The topological polar surface area (TPSA) is 54.9 Å². The number of fused-ring (bicyclic) bond motifs is 1. The predicted molar refractivity (Wildman–Crippen MR) is 116 cm³/mol. The standard InChI is InChI=1S/C20H25N3O2.HI/c1-15(17-6-4-3-5-7-17)10-11-22-20(21-2)23-13-16-8-9-18-19(12-16)25-14-24-18;/h3-9,12,15H,10-11,13-14H2,1-2H3,(H2,21,22,23);1H. The number of guanidine groups is 1. The molecule has 0 saturated carbocycles. The van der Waals surface area contributed by atoms with Crippen LogP contribution in [0.2, 0.25) is 0 Å². The number of hydrogen-bond donors (Lipinski definition) is 2. The molecule has 0 aliphatic carbocycles. The lowest BCUT2D eigenvalue weighted by Crippen LogP contribution is -2.37. The van der Waals surface area contributed by atoms with E-state index in [4.69, 9.17) is 9.47 Å². The fourth-order valence-corrected chi connectivity index (χ4v) is 2.81. The molecule has 26 heavy (non-hydrogen) atoms. The van der Waals surface area contributed by atoms with Crippen molar-refractivity contribution < 1.29 is 9.47 Å². The van der Waals surface area contributed by atoms with Crippen LogP contribution in [0.1, 0.15) is 30.4 Å². The van der Waals surface area contributed by atoms with Crippen LogP contribution in [0.15, 0.2) is 53.5 Å². The molecule has 0 spiro atoms. The van der Waals surface area contributed by atoms with E-state index < -0.39 is 0 Å². The van der Waals surface area contributed by atoms with Crippen molar-refractivity contribution in [2.75, 3.05) is 20.4 Å². The minimum Gasteiger partial charge on any atom is -0.454 e. The van der Waals surface area contributed by atoms with Crippen LogP contribution in [0.5, 0.6) is 11.5 Å². The molecule has 1 atom stereocenters. The number of rotatable bonds is 6. The van der Waals surface area contributed by atoms with E-state index in [-0.39, 0.29) is 24.0 Å². The lowest BCUT2D eigenvalue weighted by Gasteiger charge is -2.15. The highest BCUT2D eigenvalue weighted by Gasteiger charge is 2.13. The van der Waals surface area contributed by atoms with Crippen molar-refractivity contribution in [3.8, 4) is 11.5 Å². The van der Waals surface area contributed by atoms with E-state index >= 15 is 0 Å². The van der Waals surface area contributed by atoms with E-state index in [9.17, 15) is 0 Å². The van der Waals surface area contributed by atoms with Gasteiger partial charge in [-0.2, -0.15) is 0 Å².